The van der Waals surface area contributed by atoms with Gasteiger partial charge >= 0.3 is 12.2 Å². The fraction of sp³-hybridized carbons (Fsp3) is 0.407. The first-order valence-corrected chi connectivity index (χ1v) is 12.3. The number of hydrogen-bond donors (Lipinski definition) is 5. The molecule has 0 spiro atoms. The number of hydrogen-bond acceptors (Lipinski definition) is 7. The Morgan fingerprint density at radius 2 is 1.47 bits per heavy atom. The summed E-state index contributed by atoms with van der Waals surface area (Å²) in [5.41, 5.74) is 8.76. The number of rotatable bonds is 10. The predicted octanol–water partition coefficient (Wildman–Crippen LogP) is 1.77. The summed E-state index contributed by atoms with van der Waals surface area (Å²) in [4.78, 5) is 48.4. The largest absolute Gasteiger partial charge is 0.449 e. The lowest BCUT2D eigenvalue weighted by molar-refractivity contribution is -0.127. The lowest BCUT2D eigenvalue weighted by atomic mass is 9.98. The number of ether oxygens (including phenoxy) is 2. The van der Waals surface area contributed by atoms with Gasteiger partial charge in [0.25, 0.3) is 0 Å². The van der Waals surface area contributed by atoms with E-state index in [1.54, 1.807) is 20.8 Å². The minimum absolute atomic E-state index is 0.0276. The Bertz CT molecular complexity index is 1130. The van der Waals surface area contributed by atoms with Crippen molar-refractivity contribution >= 4 is 24.0 Å². The highest BCUT2D eigenvalue weighted by Crippen LogP contribution is 2.44. The standard InChI is InChI=1S/C27H34N4O7/c1-27(2,3)38-25(35)30-14-16(32)13-29-24(34)22(12-23(28)33)31-26(36)37-15-21-19-10-6-4-8-17(19)18-9-5-7-11-20(18)21/h4-11,16,21-22,32H,12-15H2,1-3H3,(H2,28,33)(H,29,34)(H,30,35)(H,31,36)/t16?,22-/m0/s1. The van der Waals surface area contributed by atoms with Gasteiger partial charge in [-0.1, -0.05) is 48.5 Å². The smallest absolute Gasteiger partial charge is 0.407 e. The van der Waals surface area contributed by atoms with Gasteiger partial charge in [0.15, 0.2) is 0 Å². The number of primary amides is 1. The molecule has 11 nitrogen and oxygen atoms in total. The molecule has 0 aromatic heterocycles. The third-order valence-corrected chi connectivity index (χ3v) is 5.75. The van der Waals surface area contributed by atoms with Crippen molar-refractivity contribution in [3.05, 3.63) is 59.7 Å². The van der Waals surface area contributed by atoms with Gasteiger partial charge in [-0.15, -0.1) is 0 Å². The van der Waals surface area contributed by atoms with E-state index in [-0.39, 0.29) is 25.6 Å². The molecule has 4 amide bonds. The van der Waals surface area contributed by atoms with E-state index in [4.69, 9.17) is 15.2 Å². The normalized spacial score (nSPS) is 13.9. The van der Waals surface area contributed by atoms with Gasteiger partial charge < -0.3 is 36.3 Å². The van der Waals surface area contributed by atoms with Gasteiger partial charge in [0.2, 0.25) is 11.8 Å². The van der Waals surface area contributed by atoms with Gasteiger partial charge in [-0.05, 0) is 43.0 Å². The molecule has 1 aliphatic rings. The number of aliphatic hydroxyl groups is 1. The summed E-state index contributed by atoms with van der Waals surface area (Å²) in [5, 5.41) is 17.3. The third-order valence-electron chi connectivity index (χ3n) is 5.75. The van der Waals surface area contributed by atoms with Crippen molar-refractivity contribution in [2.45, 2.75) is 50.9 Å². The number of carbonyl (C=O) groups is 4. The van der Waals surface area contributed by atoms with Gasteiger partial charge in [-0.3, -0.25) is 9.59 Å². The van der Waals surface area contributed by atoms with Gasteiger partial charge in [0.1, 0.15) is 18.2 Å². The van der Waals surface area contributed by atoms with Crippen LogP contribution in [0.25, 0.3) is 11.1 Å². The molecule has 1 aliphatic carbocycles. The fourth-order valence-corrected chi connectivity index (χ4v) is 4.12. The van der Waals surface area contributed by atoms with Crippen LogP contribution in [0.3, 0.4) is 0 Å². The van der Waals surface area contributed by atoms with Gasteiger partial charge in [-0.2, -0.15) is 0 Å². The zero-order valence-electron chi connectivity index (χ0n) is 21.7. The second-order valence-electron chi connectivity index (χ2n) is 9.97. The van der Waals surface area contributed by atoms with Crippen molar-refractivity contribution in [1.82, 2.24) is 16.0 Å². The average Bonchev–Trinajstić information content (AvgIpc) is 3.16. The highest BCUT2D eigenvalue weighted by atomic mass is 16.6. The van der Waals surface area contributed by atoms with Crippen LogP contribution in [0.2, 0.25) is 0 Å². The van der Waals surface area contributed by atoms with Crippen molar-refractivity contribution in [3.63, 3.8) is 0 Å². The quantitative estimate of drug-likeness (QED) is 0.314. The molecule has 0 fully saturated rings. The monoisotopic (exact) mass is 526 g/mol. The second kappa shape index (κ2) is 12.4. The topological polar surface area (TPSA) is 169 Å². The summed E-state index contributed by atoms with van der Waals surface area (Å²) >= 11 is 0. The van der Waals surface area contributed by atoms with Crippen LogP contribution in [0, 0.1) is 0 Å². The number of aliphatic hydroxyl groups excluding tert-OH is 1. The molecule has 0 aliphatic heterocycles. The number of benzene rings is 2. The van der Waals surface area contributed by atoms with Crippen molar-refractivity contribution < 1.29 is 33.8 Å². The first-order chi connectivity index (χ1) is 17.9. The van der Waals surface area contributed by atoms with Crippen LogP contribution in [0.4, 0.5) is 9.59 Å². The molecule has 0 saturated heterocycles. The number of carbonyl (C=O) groups excluding carboxylic acids is 4. The summed E-state index contributed by atoms with van der Waals surface area (Å²) < 4.78 is 10.5. The first-order valence-electron chi connectivity index (χ1n) is 12.3. The lowest BCUT2D eigenvalue weighted by Gasteiger charge is -2.21. The zero-order valence-corrected chi connectivity index (χ0v) is 21.7. The molecule has 11 heteroatoms. The molecule has 0 radical (unpaired) electrons. The molecular formula is C27H34N4O7. The maximum Gasteiger partial charge on any atom is 0.407 e. The summed E-state index contributed by atoms with van der Waals surface area (Å²) in [5.74, 6) is -1.73. The molecule has 3 rings (SSSR count). The van der Waals surface area contributed by atoms with Gasteiger partial charge in [0.05, 0.1) is 12.5 Å². The number of alkyl carbamates (subject to hydrolysis) is 2. The fourth-order valence-electron chi connectivity index (χ4n) is 4.12. The third kappa shape index (κ3) is 7.94. The number of nitrogens with two attached hydrogens (primary N) is 1. The molecule has 2 aromatic carbocycles. The molecule has 0 heterocycles. The van der Waals surface area contributed by atoms with E-state index < -0.39 is 48.2 Å². The zero-order chi connectivity index (χ0) is 27.9. The molecule has 2 atom stereocenters. The van der Waals surface area contributed by atoms with Crippen LogP contribution in [0.1, 0.15) is 44.2 Å². The van der Waals surface area contributed by atoms with Crippen LogP contribution in [-0.2, 0) is 19.1 Å². The SMILES string of the molecule is CC(C)(C)OC(=O)NCC(O)CNC(=O)[C@H](CC(N)=O)NC(=O)OCC1c2ccccc2-c2ccccc21. The first kappa shape index (κ1) is 28.5. The highest BCUT2D eigenvalue weighted by Gasteiger charge is 2.30. The molecule has 1 unspecified atom stereocenters. The predicted molar refractivity (Wildman–Crippen MR) is 139 cm³/mol. The molecule has 0 saturated carbocycles. The Morgan fingerprint density at radius 1 is 0.921 bits per heavy atom. The average molecular weight is 527 g/mol. The minimum Gasteiger partial charge on any atom is -0.449 e. The molecule has 204 valence electrons. The molecule has 2 aromatic rings. The van der Waals surface area contributed by atoms with Crippen molar-refractivity contribution in [2.75, 3.05) is 19.7 Å². The van der Waals surface area contributed by atoms with E-state index >= 15 is 0 Å². The van der Waals surface area contributed by atoms with Crippen LogP contribution < -0.4 is 21.7 Å². The van der Waals surface area contributed by atoms with Crippen molar-refractivity contribution in [1.29, 1.82) is 0 Å². The van der Waals surface area contributed by atoms with Crippen molar-refractivity contribution in [3.8, 4) is 11.1 Å². The number of fused-ring (bicyclic) bond motifs is 3. The van der Waals surface area contributed by atoms with E-state index in [1.165, 1.54) is 0 Å². The Labute approximate surface area is 221 Å². The van der Waals surface area contributed by atoms with Crippen LogP contribution >= 0.6 is 0 Å². The van der Waals surface area contributed by atoms with Gasteiger partial charge in [-0.25, -0.2) is 9.59 Å². The Hall–Kier alpha value is -4.12. The van der Waals surface area contributed by atoms with E-state index in [1.807, 2.05) is 48.5 Å². The van der Waals surface area contributed by atoms with E-state index in [9.17, 15) is 24.3 Å². The molecule has 38 heavy (non-hydrogen) atoms. The lowest BCUT2D eigenvalue weighted by Crippen LogP contribution is -2.51. The Balaban J connectivity index is 1.52. The van der Waals surface area contributed by atoms with E-state index in [0.717, 1.165) is 22.3 Å². The van der Waals surface area contributed by atoms with Crippen LogP contribution in [0.15, 0.2) is 48.5 Å². The van der Waals surface area contributed by atoms with Gasteiger partial charge in [0, 0.05) is 19.0 Å². The van der Waals surface area contributed by atoms with Crippen molar-refractivity contribution in [2.24, 2.45) is 5.73 Å². The van der Waals surface area contributed by atoms with Crippen LogP contribution in [0.5, 0.6) is 0 Å². The van der Waals surface area contributed by atoms with Crippen LogP contribution in [-0.4, -0.2) is 66.6 Å². The molecule has 0 bridgehead atoms. The van der Waals surface area contributed by atoms with E-state index in [2.05, 4.69) is 16.0 Å². The maximum absolute atomic E-state index is 12.6. The summed E-state index contributed by atoms with van der Waals surface area (Å²) in [6.45, 7) is 4.69. The minimum atomic E-state index is -1.31. The second-order valence-corrected chi connectivity index (χ2v) is 9.97. The number of amides is 4. The summed E-state index contributed by atoms with van der Waals surface area (Å²) in [6.07, 6.45) is -3.22. The number of nitrogens with one attached hydrogen (secondary N) is 3. The summed E-state index contributed by atoms with van der Waals surface area (Å²) in [6, 6.07) is 14.4. The molecular weight excluding hydrogens is 492 g/mol. The molecule has 6 N–H and O–H groups in total. The highest BCUT2D eigenvalue weighted by molar-refractivity contribution is 5.90. The Kier molecular flexibility index (Phi) is 9.30. The maximum atomic E-state index is 12.6. The van der Waals surface area contributed by atoms with E-state index in [0.29, 0.717) is 0 Å². The Morgan fingerprint density at radius 3 is 2.03 bits per heavy atom. The summed E-state index contributed by atoms with van der Waals surface area (Å²) in [7, 11) is 0.